The van der Waals surface area contributed by atoms with Crippen molar-refractivity contribution in [3.63, 3.8) is 0 Å². The first-order valence-electron chi connectivity index (χ1n) is 6.33. The van der Waals surface area contributed by atoms with Gasteiger partial charge in [-0.1, -0.05) is 18.2 Å². The maximum absolute atomic E-state index is 13.4. The first-order valence-corrected chi connectivity index (χ1v) is 9.21. The van der Waals surface area contributed by atoms with Gasteiger partial charge in [0.15, 0.2) is 9.84 Å². The molecule has 2 aromatic rings. The van der Waals surface area contributed by atoms with Gasteiger partial charge in [-0.25, -0.2) is 12.8 Å². The van der Waals surface area contributed by atoms with E-state index in [4.69, 9.17) is 0 Å². The van der Waals surface area contributed by atoms with Gasteiger partial charge < -0.3 is 5.32 Å². The van der Waals surface area contributed by atoms with E-state index in [-0.39, 0.29) is 22.4 Å². The summed E-state index contributed by atoms with van der Waals surface area (Å²) in [6.45, 7) is 0. The Kier molecular flexibility index (Phi) is 5.20. The predicted octanol–water partition coefficient (Wildman–Crippen LogP) is 2.96. The molecule has 0 unspecified atom stereocenters. The molecule has 7 heteroatoms. The van der Waals surface area contributed by atoms with Gasteiger partial charge in [0.05, 0.1) is 10.6 Å². The molecule has 2 rings (SSSR count). The summed E-state index contributed by atoms with van der Waals surface area (Å²) >= 11 is 1.08. The molecule has 22 heavy (non-hydrogen) atoms. The van der Waals surface area contributed by atoms with Gasteiger partial charge in [-0.3, -0.25) is 4.79 Å². The van der Waals surface area contributed by atoms with E-state index in [0.29, 0.717) is 10.6 Å². The normalized spacial score (nSPS) is 11.2. The Morgan fingerprint density at radius 2 is 1.91 bits per heavy atom. The minimum atomic E-state index is -3.33. The fourth-order valence-electron chi connectivity index (χ4n) is 1.71. The fraction of sp³-hybridized carbons (Fsp3) is 0.133. The topological polar surface area (TPSA) is 63.2 Å². The number of thioether (sulfide) groups is 1. The molecule has 0 aliphatic carbocycles. The number of carbonyl (C=O) groups excluding carboxylic acids is 1. The summed E-state index contributed by atoms with van der Waals surface area (Å²) in [4.78, 5) is 12.4. The lowest BCUT2D eigenvalue weighted by molar-refractivity contribution is -0.113. The molecule has 0 heterocycles. The van der Waals surface area contributed by atoms with Gasteiger partial charge in [0.2, 0.25) is 5.91 Å². The van der Waals surface area contributed by atoms with E-state index in [1.54, 1.807) is 30.3 Å². The van der Waals surface area contributed by atoms with Gasteiger partial charge in [0.25, 0.3) is 0 Å². The van der Waals surface area contributed by atoms with E-state index in [1.165, 1.54) is 18.2 Å². The lowest BCUT2D eigenvalue weighted by Gasteiger charge is -2.07. The van der Waals surface area contributed by atoms with Gasteiger partial charge in [-0.05, 0) is 30.3 Å². The molecular formula is C15H14FNO3S2. The van der Waals surface area contributed by atoms with Crippen LogP contribution in [0, 0.1) is 5.82 Å². The number of hydrogen-bond donors (Lipinski definition) is 1. The third kappa shape index (κ3) is 4.57. The molecule has 0 saturated carbocycles. The monoisotopic (exact) mass is 339 g/mol. The SMILES string of the molecule is CS(=O)(=O)c1cccc(NC(=O)CSc2ccccc2F)c1. The van der Waals surface area contributed by atoms with Crippen LogP contribution in [0.4, 0.5) is 10.1 Å². The van der Waals surface area contributed by atoms with Gasteiger partial charge >= 0.3 is 0 Å². The summed E-state index contributed by atoms with van der Waals surface area (Å²) in [5, 5.41) is 2.60. The van der Waals surface area contributed by atoms with Gasteiger partial charge in [0, 0.05) is 16.8 Å². The minimum absolute atomic E-state index is 0.0318. The largest absolute Gasteiger partial charge is 0.325 e. The van der Waals surface area contributed by atoms with E-state index in [0.717, 1.165) is 18.0 Å². The summed E-state index contributed by atoms with van der Waals surface area (Å²) in [5.74, 6) is -0.678. The fourth-order valence-corrected chi connectivity index (χ4v) is 3.11. The van der Waals surface area contributed by atoms with Crippen LogP contribution >= 0.6 is 11.8 Å². The molecule has 116 valence electrons. The highest BCUT2D eigenvalue weighted by Gasteiger charge is 2.10. The van der Waals surface area contributed by atoms with Crippen molar-refractivity contribution >= 4 is 33.2 Å². The van der Waals surface area contributed by atoms with Crippen LogP contribution in [0.3, 0.4) is 0 Å². The molecule has 0 saturated heterocycles. The molecule has 0 spiro atoms. The molecule has 0 radical (unpaired) electrons. The number of carbonyl (C=O) groups is 1. The quantitative estimate of drug-likeness (QED) is 0.851. The third-order valence-electron chi connectivity index (χ3n) is 2.74. The second-order valence-corrected chi connectivity index (χ2v) is 7.60. The molecule has 1 N–H and O–H groups in total. The first kappa shape index (κ1) is 16.5. The number of hydrogen-bond acceptors (Lipinski definition) is 4. The molecule has 4 nitrogen and oxygen atoms in total. The molecule has 0 fully saturated rings. The Morgan fingerprint density at radius 1 is 1.18 bits per heavy atom. The first-order chi connectivity index (χ1) is 10.4. The minimum Gasteiger partial charge on any atom is -0.325 e. The lowest BCUT2D eigenvalue weighted by Crippen LogP contribution is -2.14. The third-order valence-corrected chi connectivity index (χ3v) is 4.90. The van der Waals surface area contributed by atoms with Crippen molar-refractivity contribution in [2.24, 2.45) is 0 Å². The van der Waals surface area contributed by atoms with Crippen molar-refractivity contribution in [2.75, 3.05) is 17.3 Å². The lowest BCUT2D eigenvalue weighted by atomic mass is 10.3. The summed E-state index contributed by atoms with van der Waals surface area (Å²) in [5.41, 5.74) is 0.391. The maximum Gasteiger partial charge on any atom is 0.234 e. The number of halogens is 1. The van der Waals surface area contributed by atoms with E-state index in [9.17, 15) is 17.6 Å². The molecule has 0 aliphatic rings. The van der Waals surface area contributed by atoms with Crippen molar-refractivity contribution in [2.45, 2.75) is 9.79 Å². The highest BCUT2D eigenvalue weighted by Crippen LogP contribution is 2.21. The van der Waals surface area contributed by atoms with Crippen LogP contribution in [-0.4, -0.2) is 26.3 Å². The van der Waals surface area contributed by atoms with Crippen molar-refractivity contribution in [1.29, 1.82) is 0 Å². The standard InChI is InChI=1S/C15H14FNO3S2/c1-22(19,20)12-6-4-5-11(9-12)17-15(18)10-21-14-8-3-2-7-13(14)16/h2-9H,10H2,1H3,(H,17,18). The molecule has 0 bridgehead atoms. The van der Waals surface area contributed by atoms with Crippen LogP contribution in [0.25, 0.3) is 0 Å². The number of sulfone groups is 1. The van der Waals surface area contributed by atoms with Crippen molar-refractivity contribution in [3.05, 3.63) is 54.3 Å². The summed E-state index contributed by atoms with van der Waals surface area (Å²) < 4.78 is 36.4. The Balaban J connectivity index is 2.00. The van der Waals surface area contributed by atoms with Crippen LogP contribution in [0.2, 0.25) is 0 Å². The number of benzene rings is 2. The Hall–Kier alpha value is -1.86. The van der Waals surface area contributed by atoms with Crippen LogP contribution in [0.5, 0.6) is 0 Å². The Morgan fingerprint density at radius 3 is 2.59 bits per heavy atom. The second-order valence-electron chi connectivity index (χ2n) is 4.57. The van der Waals surface area contributed by atoms with E-state index in [1.807, 2.05) is 0 Å². The number of nitrogens with one attached hydrogen (secondary N) is 1. The average Bonchev–Trinajstić information content (AvgIpc) is 2.46. The van der Waals surface area contributed by atoms with Crippen LogP contribution < -0.4 is 5.32 Å². The van der Waals surface area contributed by atoms with Crippen molar-refractivity contribution in [1.82, 2.24) is 0 Å². The number of rotatable bonds is 5. The molecule has 2 aromatic carbocycles. The van der Waals surface area contributed by atoms with Crippen LogP contribution in [0.15, 0.2) is 58.3 Å². The van der Waals surface area contributed by atoms with Crippen molar-refractivity contribution in [3.8, 4) is 0 Å². The molecule has 1 amide bonds. The number of amides is 1. The molecular weight excluding hydrogens is 325 g/mol. The van der Waals surface area contributed by atoms with Gasteiger partial charge in [-0.2, -0.15) is 0 Å². The van der Waals surface area contributed by atoms with E-state index < -0.39 is 9.84 Å². The summed E-state index contributed by atoms with van der Waals surface area (Å²) in [6.07, 6.45) is 1.10. The summed E-state index contributed by atoms with van der Waals surface area (Å²) in [6, 6.07) is 12.2. The predicted molar refractivity (Wildman–Crippen MR) is 85.3 cm³/mol. The van der Waals surface area contributed by atoms with Gasteiger partial charge in [0.1, 0.15) is 5.82 Å². The smallest absolute Gasteiger partial charge is 0.234 e. The van der Waals surface area contributed by atoms with Crippen LogP contribution in [-0.2, 0) is 14.6 Å². The molecule has 0 atom stereocenters. The zero-order valence-electron chi connectivity index (χ0n) is 11.7. The van der Waals surface area contributed by atoms with Crippen molar-refractivity contribution < 1.29 is 17.6 Å². The Labute approximate surface area is 132 Å². The van der Waals surface area contributed by atoms with E-state index >= 15 is 0 Å². The van der Waals surface area contributed by atoms with Crippen LogP contribution in [0.1, 0.15) is 0 Å². The zero-order chi connectivity index (χ0) is 16.2. The highest BCUT2D eigenvalue weighted by atomic mass is 32.2. The number of anilines is 1. The zero-order valence-corrected chi connectivity index (χ0v) is 13.4. The van der Waals surface area contributed by atoms with E-state index in [2.05, 4.69) is 5.32 Å². The maximum atomic E-state index is 13.4. The summed E-state index contributed by atoms with van der Waals surface area (Å²) in [7, 11) is -3.33. The Bertz CT molecular complexity index is 791. The molecule has 0 aromatic heterocycles. The molecule has 0 aliphatic heterocycles. The second kappa shape index (κ2) is 6.93. The van der Waals surface area contributed by atoms with Gasteiger partial charge in [-0.15, -0.1) is 11.8 Å². The average molecular weight is 339 g/mol. The highest BCUT2D eigenvalue weighted by molar-refractivity contribution is 8.00.